The van der Waals surface area contributed by atoms with Gasteiger partial charge in [-0.05, 0) is 18.9 Å². The van der Waals surface area contributed by atoms with E-state index < -0.39 is 0 Å². The number of hydrogen-bond acceptors (Lipinski definition) is 2. The van der Waals surface area contributed by atoms with Crippen molar-refractivity contribution in [3.63, 3.8) is 0 Å². The number of methoxy groups -OCH3 is 1. The van der Waals surface area contributed by atoms with Crippen molar-refractivity contribution in [2.75, 3.05) is 7.11 Å². The Balaban J connectivity index is 2.24. The van der Waals surface area contributed by atoms with Crippen LogP contribution < -0.4 is 10.1 Å². The predicted molar refractivity (Wildman–Crippen MR) is 57.7 cm³/mol. The molecule has 1 aliphatic rings. The Morgan fingerprint density at radius 1 is 1.40 bits per heavy atom. The van der Waals surface area contributed by atoms with Crippen LogP contribution >= 0.6 is 0 Å². The Hall–Kier alpha value is -1.51. The third kappa shape index (κ3) is 2.12. The van der Waals surface area contributed by atoms with E-state index in [9.17, 15) is 4.79 Å². The topological polar surface area (TPSA) is 38.3 Å². The zero-order valence-electron chi connectivity index (χ0n) is 8.82. The second-order valence-electron chi connectivity index (χ2n) is 3.75. The predicted octanol–water partition coefficient (Wildman–Crippen LogP) is 2.04. The highest BCUT2D eigenvalue weighted by molar-refractivity contribution is 5.77. The van der Waals surface area contributed by atoms with E-state index in [-0.39, 0.29) is 11.9 Å². The molecule has 1 amide bonds. The summed E-state index contributed by atoms with van der Waals surface area (Å²) in [4.78, 5) is 11.3. The largest absolute Gasteiger partial charge is 0.496 e. The van der Waals surface area contributed by atoms with E-state index >= 15 is 0 Å². The molecule has 1 N–H and O–H groups in total. The molecule has 0 saturated carbocycles. The van der Waals surface area contributed by atoms with E-state index in [2.05, 4.69) is 5.32 Å². The molecule has 1 heterocycles. The molecule has 1 unspecified atom stereocenters. The molecule has 0 radical (unpaired) electrons. The number of amides is 1. The first-order chi connectivity index (χ1) is 7.31. The fraction of sp³-hybridized carbons (Fsp3) is 0.417. The first-order valence-electron chi connectivity index (χ1n) is 5.23. The van der Waals surface area contributed by atoms with Gasteiger partial charge in [-0.15, -0.1) is 0 Å². The lowest BCUT2D eigenvalue weighted by molar-refractivity contribution is -0.123. The molecule has 3 nitrogen and oxygen atoms in total. The zero-order valence-corrected chi connectivity index (χ0v) is 8.82. The normalized spacial score (nSPS) is 20.9. The van der Waals surface area contributed by atoms with Crippen molar-refractivity contribution in [2.45, 2.75) is 25.3 Å². The summed E-state index contributed by atoms with van der Waals surface area (Å²) in [6, 6.07) is 7.96. The molecule has 1 aliphatic heterocycles. The highest BCUT2D eigenvalue weighted by Crippen LogP contribution is 2.30. The number of para-hydroxylation sites is 1. The SMILES string of the molecule is COc1ccccc1C1CCCC(=O)N1. The van der Waals surface area contributed by atoms with E-state index in [0.29, 0.717) is 6.42 Å². The van der Waals surface area contributed by atoms with Gasteiger partial charge in [0.1, 0.15) is 5.75 Å². The second kappa shape index (κ2) is 4.34. The Kier molecular flexibility index (Phi) is 2.90. The van der Waals surface area contributed by atoms with Gasteiger partial charge in [0.05, 0.1) is 13.2 Å². The van der Waals surface area contributed by atoms with Crippen LogP contribution in [-0.4, -0.2) is 13.0 Å². The molecule has 2 rings (SSSR count). The van der Waals surface area contributed by atoms with Gasteiger partial charge in [-0.3, -0.25) is 4.79 Å². The number of carbonyl (C=O) groups is 1. The smallest absolute Gasteiger partial charge is 0.220 e. The monoisotopic (exact) mass is 205 g/mol. The van der Waals surface area contributed by atoms with Crippen molar-refractivity contribution in [1.82, 2.24) is 5.32 Å². The molecule has 1 aromatic carbocycles. The van der Waals surface area contributed by atoms with Crippen molar-refractivity contribution in [2.24, 2.45) is 0 Å². The minimum atomic E-state index is 0.113. The van der Waals surface area contributed by atoms with E-state index in [0.717, 1.165) is 24.2 Å². The fourth-order valence-electron chi connectivity index (χ4n) is 1.99. The average Bonchev–Trinajstić information content (AvgIpc) is 2.29. The molecule has 3 heteroatoms. The van der Waals surface area contributed by atoms with Crippen LogP contribution in [0.1, 0.15) is 30.9 Å². The highest BCUT2D eigenvalue weighted by Gasteiger charge is 2.21. The van der Waals surface area contributed by atoms with Gasteiger partial charge < -0.3 is 10.1 Å². The zero-order chi connectivity index (χ0) is 10.7. The van der Waals surface area contributed by atoms with Gasteiger partial charge in [-0.2, -0.15) is 0 Å². The third-order valence-electron chi connectivity index (χ3n) is 2.75. The summed E-state index contributed by atoms with van der Waals surface area (Å²) in [5.41, 5.74) is 1.08. The Morgan fingerprint density at radius 2 is 2.20 bits per heavy atom. The Bertz CT molecular complexity index is 362. The molecular weight excluding hydrogens is 190 g/mol. The van der Waals surface area contributed by atoms with E-state index in [4.69, 9.17) is 4.74 Å². The number of piperidine rings is 1. The summed E-state index contributed by atoms with van der Waals surface area (Å²) in [6.45, 7) is 0. The van der Waals surface area contributed by atoms with Crippen LogP contribution in [0.4, 0.5) is 0 Å². The molecule has 15 heavy (non-hydrogen) atoms. The Labute approximate surface area is 89.4 Å². The molecule has 0 aliphatic carbocycles. The summed E-state index contributed by atoms with van der Waals surface area (Å²) in [6.07, 6.45) is 2.59. The summed E-state index contributed by atoms with van der Waals surface area (Å²) in [5.74, 6) is 0.988. The lowest BCUT2D eigenvalue weighted by Crippen LogP contribution is -2.32. The number of carbonyl (C=O) groups excluding carboxylic acids is 1. The van der Waals surface area contributed by atoms with Crippen LogP contribution in [0.15, 0.2) is 24.3 Å². The maximum absolute atomic E-state index is 11.3. The molecule has 0 bridgehead atoms. The molecule has 1 atom stereocenters. The van der Waals surface area contributed by atoms with Crippen molar-refractivity contribution >= 4 is 5.91 Å². The number of ether oxygens (including phenoxy) is 1. The average molecular weight is 205 g/mol. The summed E-state index contributed by atoms with van der Waals surface area (Å²) >= 11 is 0. The maximum atomic E-state index is 11.3. The van der Waals surface area contributed by atoms with Gasteiger partial charge >= 0.3 is 0 Å². The number of nitrogens with one attached hydrogen (secondary N) is 1. The highest BCUT2D eigenvalue weighted by atomic mass is 16.5. The lowest BCUT2D eigenvalue weighted by atomic mass is 9.96. The van der Waals surface area contributed by atoms with Crippen molar-refractivity contribution in [1.29, 1.82) is 0 Å². The molecule has 80 valence electrons. The number of benzene rings is 1. The lowest BCUT2D eigenvalue weighted by Gasteiger charge is -2.24. The van der Waals surface area contributed by atoms with Crippen molar-refractivity contribution in [3.8, 4) is 5.75 Å². The van der Waals surface area contributed by atoms with Gasteiger partial charge in [0.25, 0.3) is 0 Å². The van der Waals surface area contributed by atoms with Gasteiger partial charge in [0.15, 0.2) is 0 Å². The standard InChI is InChI=1S/C12H15NO2/c1-15-11-7-3-2-5-9(11)10-6-4-8-12(14)13-10/h2-3,5,7,10H,4,6,8H2,1H3,(H,13,14). The minimum absolute atomic E-state index is 0.113. The van der Waals surface area contributed by atoms with E-state index in [1.807, 2.05) is 24.3 Å². The Morgan fingerprint density at radius 3 is 2.93 bits per heavy atom. The first kappa shape index (κ1) is 10.0. The van der Waals surface area contributed by atoms with Gasteiger partial charge in [0, 0.05) is 12.0 Å². The van der Waals surface area contributed by atoms with Crippen molar-refractivity contribution in [3.05, 3.63) is 29.8 Å². The molecule has 1 saturated heterocycles. The van der Waals surface area contributed by atoms with Gasteiger partial charge in [0.2, 0.25) is 5.91 Å². The number of rotatable bonds is 2. The molecule has 1 aromatic rings. The van der Waals surface area contributed by atoms with Crippen LogP contribution in [0, 0.1) is 0 Å². The van der Waals surface area contributed by atoms with Crippen LogP contribution in [0.2, 0.25) is 0 Å². The molecule has 1 fully saturated rings. The minimum Gasteiger partial charge on any atom is -0.496 e. The summed E-state index contributed by atoms with van der Waals surface area (Å²) in [5, 5.41) is 2.99. The van der Waals surface area contributed by atoms with Crippen LogP contribution in [-0.2, 0) is 4.79 Å². The third-order valence-corrected chi connectivity index (χ3v) is 2.75. The van der Waals surface area contributed by atoms with E-state index in [1.165, 1.54) is 0 Å². The maximum Gasteiger partial charge on any atom is 0.220 e. The van der Waals surface area contributed by atoms with Crippen LogP contribution in [0.25, 0.3) is 0 Å². The summed E-state index contributed by atoms with van der Waals surface area (Å²) < 4.78 is 5.28. The van der Waals surface area contributed by atoms with Crippen LogP contribution in [0.5, 0.6) is 5.75 Å². The van der Waals surface area contributed by atoms with Crippen LogP contribution in [0.3, 0.4) is 0 Å². The van der Waals surface area contributed by atoms with E-state index in [1.54, 1.807) is 7.11 Å². The molecule has 0 aromatic heterocycles. The van der Waals surface area contributed by atoms with Gasteiger partial charge in [-0.25, -0.2) is 0 Å². The fourth-order valence-corrected chi connectivity index (χ4v) is 1.99. The summed E-state index contributed by atoms with van der Waals surface area (Å²) in [7, 11) is 1.66. The quantitative estimate of drug-likeness (QED) is 0.802. The number of hydrogen-bond donors (Lipinski definition) is 1. The second-order valence-corrected chi connectivity index (χ2v) is 3.75. The molecular formula is C12H15NO2. The first-order valence-corrected chi connectivity index (χ1v) is 5.23. The molecule has 0 spiro atoms. The van der Waals surface area contributed by atoms with Gasteiger partial charge in [-0.1, -0.05) is 18.2 Å². The van der Waals surface area contributed by atoms with Crippen molar-refractivity contribution < 1.29 is 9.53 Å².